The Hall–Kier alpha value is -3.71. The van der Waals surface area contributed by atoms with E-state index in [1.54, 1.807) is 0 Å². The number of fused-ring (bicyclic) bond motifs is 1. The molecule has 1 heteroatoms. The third-order valence-corrected chi connectivity index (χ3v) is 7.51. The molecular formula is C36H37N. The first kappa shape index (κ1) is 25.0. The average Bonchev–Trinajstić information content (AvgIpc) is 2.92. The molecule has 0 amide bonds. The smallest absolute Gasteiger partial charge is 0.0783 e. The fourth-order valence-corrected chi connectivity index (χ4v) is 5.33. The van der Waals surface area contributed by atoms with Crippen LogP contribution in [-0.2, 0) is 5.41 Å². The lowest BCUT2D eigenvalue weighted by Crippen LogP contribution is -2.10. The van der Waals surface area contributed by atoms with E-state index in [4.69, 9.17) is 4.98 Å². The summed E-state index contributed by atoms with van der Waals surface area (Å²) in [7, 11) is 0. The Morgan fingerprint density at radius 3 is 2.11 bits per heavy atom. The van der Waals surface area contributed by atoms with E-state index in [1.165, 1.54) is 56.1 Å². The summed E-state index contributed by atoms with van der Waals surface area (Å²) in [5, 5.41) is 2.44. The summed E-state index contributed by atoms with van der Waals surface area (Å²) in [6, 6.07) is 35.6. The molecule has 0 aliphatic rings. The second-order valence-electron chi connectivity index (χ2n) is 11.3. The third-order valence-electron chi connectivity index (χ3n) is 7.51. The second-order valence-corrected chi connectivity index (χ2v) is 11.3. The number of aromatic nitrogens is 1. The lowest BCUT2D eigenvalue weighted by Gasteiger charge is -2.19. The van der Waals surface area contributed by atoms with E-state index in [-0.39, 0.29) is 5.41 Å². The van der Waals surface area contributed by atoms with Crippen LogP contribution in [0, 0.1) is 0 Å². The van der Waals surface area contributed by atoms with Crippen LogP contribution in [-0.4, -0.2) is 4.98 Å². The molecule has 0 saturated carbocycles. The molecule has 0 N–H and O–H groups in total. The maximum atomic E-state index is 4.91. The number of rotatable bonds is 6. The Bertz CT molecular complexity index is 1510. The van der Waals surface area contributed by atoms with Gasteiger partial charge >= 0.3 is 0 Å². The van der Waals surface area contributed by atoms with Crippen molar-refractivity contribution in [1.82, 2.24) is 4.98 Å². The molecule has 1 atom stereocenters. The summed E-state index contributed by atoms with van der Waals surface area (Å²) in [5.41, 5.74) is 10.2. The normalized spacial score (nSPS) is 12.6. The van der Waals surface area contributed by atoms with Gasteiger partial charge in [-0.3, -0.25) is 4.98 Å². The quantitative estimate of drug-likeness (QED) is 0.234. The predicted octanol–water partition coefficient (Wildman–Crippen LogP) is 10.4. The van der Waals surface area contributed by atoms with Crippen molar-refractivity contribution in [1.29, 1.82) is 0 Å². The largest absolute Gasteiger partial charge is 0.256 e. The Morgan fingerprint density at radius 1 is 0.703 bits per heavy atom. The molecular weight excluding hydrogens is 446 g/mol. The van der Waals surface area contributed by atoms with Crippen molar-refractivity contribution < 1.29 is 0 Å². The summed E-state index contributed by atoms with van der Waals surface area (Å²) in [4.78, 5) is 4.91. The van der Waals surface area contributed by atoms with E-state index in [1.807, 2.05) is 6.20 Å². The van der Waals surface area contributed by atoms with E-state index < -0.39 is 0 Å². The van der Waals surface area contributed by atoms with Crippen LogP contribution < -0.4 is 0 Å². The molecule has 0 radical (unpaired) electrons. The van der Waals surface area contributed by atoms with Crippen molar-refractivity contribution in [3.8, 4) is 33.5 Å². The summed E-state index contributed by atoms with van der Waals surface area (Å²) in [6.07, 6.45) is 4.28. The molecule has 1 aromatic heterocycles. The van der Waals surface area contributed by atoms with Crippen LogP contribution >= 0.6 is 0 Å². The fourth-order valence-electron chi connectivity index (χ4n) is 5.33. The first-order valence-corrected chi connectivity index (χ1v) is 13.5. The monoisotopic (exact) mass is 483 g/mol. The van der Waals surface area contributed by atoms with Crippen molar-refractivity contribution in [3.05, 3.63) is 114 Å². The molecule has 0 aliphatic carbocycles. The lowest BCUT2D eigenvalue weighted by molar-refractivity contribution is 0.590. The minimum atomic E-state index is 0.156. The van der Waals surface area contributed by atoms with E-state index in [9.17, 15) is 0 Å². The van der Waals surface area contributed by atoms with Gasteiger partial charge in [0.15, 0.2) is 0 Å². The minimum Gasteiger partial charge on any atom is -0.256 e. The zero-order valence-electron chi connectivity index (χ0n) is 22.8. The molecule has 5 rings (SSSR count). The van der Waals surface area contributed by atoms with Crippen molar-refractivity contribution in [2.45, 2.75) is 58.8 Å². The zero-order valence-corrected chi connectivity index (χ0v) is 22.8. The highest BCUT2D eigenvalue weighted by atomic mass is 14.7. The van der Waals surface area contributed by atoms with Crippen LogP contribution in [0.4, 0.5) is 0 Å². The second kappa shape index (κ2) is 10.3. The first-order valence-electron chi connectivity index (χ1n) is 13.5. The van der Waals surface area contributed by atoms with E-state index in [0.717, 1.165) is 12.1 Å². The lowest BCUT2D eigenvalue weighted by atomic mass is 9.86. The zero-order chi connectivity index (χ0) is 26.0. The summed E-state index contributed by atoms with van der Waals surface area (Å²) in [5.74, 6) is 0.475. The van der Waals surface area contributed by atoms with Crippen LogP contribution in [0.1, 0.15) is 64.5 Å². The van der Waals surface area contributed by atoms with Crippen LogP contribution in [0.5, 0.6) is 0 Å². The van der Waals surface area contributed by atoms with Gasteiger partial charge in [0.25, 0.3) is 0 Å². The van der Waals surface area contributed by atoms with E-state index in [0.29, 0.717) is 5.92 Å². The number of nitrogens with zero attached hydrogens (tertiary/aromatic N) is 1. The van der Waals surface area contributed by atoms with Gasteiger partial charge in [-0.05, 0) is 74.7 Å². The highest BCUT2D eigenvalue weighted by Gasteiger charge is 2.17. The third kappa shape index (κ3) is 5.23. The Kier molecular flexibility index (Phi) is 6.98. The van der Waals surface area contributed by atoms with Gasteiger partial charge in [0.05, 0.1) is 5.69 Å². The fraction of sp³-hybridized carbons (Fsp3) is 0.250. The molecule has 0 saturated heterocycles. The van der Waals surface area contributed by atoms with E-state index >= 15 is 0 Å². The van der Waals surface area contributed by atoms with Crippen LogP contribution in [0.25, 0.3) is 44.3 Å². The van der Waals surface area contributed by atoms with Gasteiger partial charge in [-0.15, -0.1) is 0 Å². The standard InChI is InChI=1S/C36H37N/c1-6-10-25(2)32-20-17-30(24-34(32)35-33-14-8-7-11-27(33)21-22-37-35)29-13-9-12-28(23-29)26-15-18-31(19-16-26)36(3,4)5/h7-9,11-25H,6,10H2,1-5H3. The maximum absolute atomic E-state index is 4.91. The highest BCUT2D eigenvalue weighted by molar-refractivity contribution is 5.96. The molecule has 4 aromatic carbocycles. The summed E-state index contributed by atoms with van der Waals surface area (Å²) < 4.78 is 0. The Labute approximate surface area is 222 Å². The molecule has 37 heavy (non-hydrogen) atoms. The first-order chi connectivity index (χ1) is 17.8. The van der Waals surface area contributed by atoms with Crippen molar-refractivity contribution >= 4 is 10.8 Å². The minimum absolute atomic E-state index is 0.156. The molecule has 0 spiro atoms. The Morgan fingerprint density at radius 2 is 1.38 bits per heavy atom. The van der Waals surface area contributed by atoms with Gasteiger partial charge in [-0.1, -0.05) is 120 Å². The van der Waals surface area contributed by atoms with Gasteiger partial charge in [0.2, 0.25) is 0 Å². The molecule has 0 fully saturated rings. The molecule has 1 unspecified atom stereocenters. The van der Waals surface area contributed by atoms with Crippen LogP contribution in [0.2, 0.25) is 0 Å². The molecule has 186 valence electrons. The van der Waals surface area contributed by atoms with Gasteiger partial charge in [0.1, 0.15) is 0 Å². The van der Waals surface area contributed by atoms with Gasteiger partial charge in [0, 0.05) is 17.1 Å². The van der Waals surface area contributed by atoms with Crippen LogP contribution in [0.3, 0.4) is 0 Å². The number of benzene rings is 4. The Balaban J connectivity index is 1.61. The maximum Gasteiger partial charge on any atom is 0.0783 e. The topological polar surface area (TPSA) is 12.9 Å². The molecule has 0 aliphatic heterocycles. The van der Waals surface area contributed by atoms with Gasteiger partial charge < -0.3 is 0 Å². The molecule has 1 nitrogen and oxygen atoms in total. The average molecular weight is 484 g/mol. The molecule has 5 aromatic rings. The number of pyridine rings is 1. The van der Waals surface area contributed by atoms with Gasteiger partial charge in [-0.25, -0.2) is 0 Å². The number of hydrogen-bond acceptors (Lipinski definition) is 1. The SMILES string of the molecule is CCCC(C)c1ccc(-c2cccc(-c3ccc(C(C)(C)C)cc3)c2)cc1-c1nccc2ccccc12. The molecule has 0 bridgehead atoms. The van der Waals surface area contributed by atoms with E-state index in [2.05, 4.69) is 132 Å². The van der Waals surface area contributed by atoms with Crippen molar-refractivity contribution in [2.75, 3.05) is 0 Å². The molecule has 1 heterocycles. The highest BCUT2D eigenvalue weighted by Crippen LogP contribution is 2.38. The van der Waals surface area contributed by atoms with Gasteiger partial charge in [-0.2, -0.15) is 0 Å². The predicted molar refractivity (Wildman–Crippen MR) is 160 cm³/mol. The van der Waals surface area contributed by atoms with Crippen molar-refractivity contribution in [3.63, 3.8) is 0 Å². The summed E-state index contributed by atoms with van der Waals surface area (Å²) in [6.45, 7) is 11.4. The number of hydrogen-bond donors (Lipinski definition) is 0. The summed E-state index contributed by atoms with van der Waals surface area (Å²) >= 11 is 0. The van der Waals surface area contributed by atoms with Crippen LogP contribution in [0.15, 0.2) is 103 Å². The van der Waals surface area contributed by atoms with Crippen molar-refractivity contribution in [2.24, 2.45) is 0 Å².